The summed E-state index contributed by atoms with van der Waals surface area (Å²) >= 11 is 5.99. The number of carboxylic acids is 1. The van der Waals surface area contributed by atoms with Gasteiger partial charge in [-0.2, -0.15) is 0 Å². The average Bonchev–Trinajstić information content (AvgIpc) is 3.41. The van der Waals surface area contributed by atoms with Crippen LogP contribution in [0.4, 0.5) is 0 Å². The molecule has 4 aromatic rings. The highest BCUT2D eigenvalue weighted by molar-refractivity contribution is 6.30. The fraction of sp³-hybridized carbons (Fsp3) is 0.185. The van der Waals surface area contributed by atoms with Crippen LogP contribution in [-0.4, -0.2) is 33.5 Å². The molecule has 8 heteroatoms. The largest absolute Gasteiger partial charge is 0.479 e. The van der Waals surface area contributed by atoms with Gasteiger partial charge in [0.25, 0.3) is 0 Å². The fourth-order valence-electron chi connectivity index (χ4n) is 4.75. The number of para-hydroxylation sites is 1. The van der Waals surface area contributed by atoms with Crippen LogP contribution in [0.2, 0.25) is 5.02 Å². The minimum atomic E-state index is -1.42. The molecule has 1 amide bonds. The molecule has 5 rings (SSSR count). The summed E-state index contributed by atoms with van der Waals surface area (Å²) in [6, 6.07) is 20.3. The van der Waals surface area contributed by atoms with E-state index in [1.54, 1.807) is 0 Å². The summed E-state index contributed by atoms with van der Waals surface area (Å²) < 4.78 is 0. The summed E-state index contributed by atoms with van der Waals surface area (Å²) in [4.78, 5) is 28.6. The molecule has 0 saturated carbocycles. The normalized spacial score (nSPS) is 17.4. The van der Waals surface area contributed by atoms with Gasteiger partial charge in [-0.3, -0.25) is 4.79 Å². The van der Waals surface area contributed by atoms with Crippen molar-refractivity contribution in [2.24, 2.45) is 5.73 Å². The van der Waals surface area contributed by atoms with Gasteiger partial charge in [0, 0.05) is 35.0 Å². The van der Waals surface area contributed by atoms with Gasteiger partial charge in [-0.15, -0.1) is 12.4 Å². The van der Waals surface area contributed by atoms with Crippen molar-refractivity contribution in [3.8, 4) is 11.1 Å². The number of carbonyl (C=O) groups is 2. The van der Waals surface area contributed by atoms with Crippen LogP contribution in [0.1, 0.15) is 16.7 Å². The molecular formula is C27H25Cl2N3O3. The van der Waals surface area contributed by atoms with Gasteiger partial charge in [-0.05, 0) is 52.4 Å². The highest BCUT2D eigenvalue weighted by Crippen LogP contribution is 2.34. The van der Waals surface area contributed by atoms with E-state index in [1.165, 1.54) is 0 Å². The molecule has 1 aliphatic carbocycles. The number of aromatic amines is 1. The number of fused-ring (bicyclic) bond motifs is 2. The summed E-state index contributed by atoms with van der Waals surface area (Å²) in [6.07, 6.45) is 2.56. The lowest BCUT2D eigenvalue weighted by molar-refractivity contribution is -0.147. The van der Waals surface area contributed by atoms with E-state index in [4.69, 9.17) is 17.3 Å². The first-order valence-electron chi connectivity index (χ1n) is 11.1. The van der Waals surface area contributed by atoms with Crippen LogP contribution in [0.3, 0.4) is 0 Å². The van der Waals surface area contributed by atoms with Gasteiger partial charge in [0.2, 0.25) is 5.91 Å². The van der Waals surface area contributed by atoms with Crippen molar-refractivity contribution < 1.29 is 14.7 Å². The van der Waals surface area contributed by atoms with E-state index in [0.29, 0.717) is 11.4 Å². The number of rotatable bonds is 6. The van der Waals surface area contributed by atoms with Gasteiger partial charge in [-0.1, -0.05) is 60.1 Å². The van der Waals surface area contributed by atoms with E-state index >= 15 is 0 Å². The predicted octanol–water partition coefficient (Wildman–Crippen LogP) is 4.52. The summed E-state index contributed by atoms with van der Waals surface area (Å²) in [7, 11) is 0. The molecule has 1 unspecified atom stereocenters. The molecule has 35 heavy (non-hydrogen) atoms. The summed E-state index contributed by atoms with van der Waals surface area (Å²) in [5.41, 5.74) is 10.5. The van der Waals surface area contributed by atoms with Crippen molar-refractivity contribution in [1.82, 2.24) is 10.3 Å². The number of hydrogen-bond donors (Lipinski definition) is 4. The molecule has 1 heterocycles. The molecule has 0 bridgehead atoms. The minimum absolute atomic E-state index is 0. The first-order chi connectivity index (χ1) is 16.3. The first kappa shape index (κ1) is 24.8. The first-order valence-corrected chi connectivity index (χ1v) is 11.5. The van der Waals surface area contributed by atoms with Crippen LogP contribution >= 0.6 is 24.0 Å². The Morgan fingerprint density at radius 3 is 2.46 bits per heavy atom. The number of carboxylic acid groups (broad SMARTS) is 1. The van der Waals surface area contributed by atoms with Crippen molar-refractivity contribution in [3.63, 3.8) is 0 Å². The maximum Gasteiger partial charge on any atom is 0.330 e. The number of nitrogens with one attached hydrogen (secondary N) is 2. The number of halogens is 2. The van der Waals surface area contributed by atoms with Crippen LogP contribution in [0, 0.1) is 0 Å². The number of nitrogens with two attached hydrogens (primary N) is 1. The Kier molecular flexibility index (Phi) is 6.90. The van der Waals surface area contributed by atoms with Crippen molar-refractivity contribution in [2.75, 3.05) is 0 Å². The van der Waals surface area contributed by atoms with E-state index in [1.807, 2.05) is 72.9 Å². The zero-order valence-corrected chi connectivity index (χ0v) is 20.3. The number of benzene rings is 3. The molecule has 0 fully saturated rings. The zero-order valence-electron chi connectivity index (χ0n) is 18.8. The third-order valence-electron chi connectivity index (χ3n) is 6.59. The molecule has 0 spiro atoms. The highest BCUT2D eigenvalue weighted by Gasteiger charge is 2.46. The molecule has 0 radical (unpaired) electrons. The van der Waals surface area contributed by atoms with Crippen LogP contribution in [-0.2, 0) is 28.9 Å². The molecule has 2 atom stereocenters. The maximum atomic E-state index is 13.0. The Hall–Kier alpha value is -3.32. The number of aliphatic carboxylic acids is 1. The SMILES string of the molecule is Cl.N[C@H](Cc1c[nH]c2ccccc12)C(=O)NC1(C(=O)O)Cc2ccc(-c3ccc(Cl)cc3)cc2C1. The van der Waals surface area contributed by atoms with E-state index in [-0.39, 0.29) is 25.2 Å². The number of amides is 1. The second-order valence-corrected chi connectivity index (χ2v) is 9.33. The van der Waals surface area contributed by atoms with Gasteiger partial charge in [0.05, 0.1) is 6.04 Å². The van der Waals surface area contributed by atoms with Crippen molar-refractivity contribution in [2.45, 2.75) is 30.8 Å². The predicted molar refractivity (Wildman–Crippen MR) is 140 cm³/mol. The molecule has 5 N–H and O–H groups in total. The molecule has 0 saturated heterocycles. The standard InChI is InChI=1S/C27H24ClN3O3.ClH/c28-21-9-7-16(8-10-21)17-5-6-18-13-27(26(33)34,14-19(18)11-17)31-25(32)23(29)12-20-15-30-24-4-2-1-3-22(20)24;/h1-11,15,23,30H,12-14,29H2,(H,31,32)(H,33,34);1H/t23-,27?;/m1./s1. The molecule has 3 aromatic carbocycles. The van der Waals surface area contributed by atoms with Gasteiger partial charge in [-0.25, -0.2) is 4.79 Å². The van der Waals surface area contributed by atoms with E-state index < -0.39 is 23.5 Å². The summed E-state index contributed by atoms with van der Waals surface area (Å²) in [6.45, 7) is 0. The second kappa shape index (κ2) is 9.74. The Labute approximate surface area is 213 Å². The van der Waals surface area contributed by atoms with Crippen LogP contribution in [0.25, 0.3) is 22.0 Å². The van der Waals surface area contributed by atoms with Crippen molar-refractivity contribution >= 4 is 46.8 Å². The number of carbonyl (C=O) groups excluding carboxylic acids is 1. The lowest BCUT2D eigenvalue weighted by Gasteiger charge is -2.27. The van der Waals surface area contributed by atoms with Crippen molar-refractivity contribution in [1.29, 1.82) is 0 Å². The lowest BCUT2D eigenvalue weighted by Crippen LogP contribution is -2.59. The van der Waals surface area contributed by atoms with Crippen molar-refractivity contribution in [3.05, 3.63) is 94.6 Å². The fourth-order valence-corrected chi connectivity index (χ4v) is 4.88. The second-order valence-electron chi connectivity index (χ2n) is 8.89. The van der Waals surface area contributed by atoms with E-state index in [2.05, 4.69) is 10.3 Å². The van der Waals surface area contributed by atoms with Gasteiger partial charge < -0.3 is 21.1 Å². The highest BCUT2D eigenvalue weighted by atomic mass is 35.5. The number of hydrogen-bond acceptors (Lipinski definition) is 3. The third kappa shape index (κ3) is 4.78. The smallest absolute Gasteiger partial charge is 0.330 e. The monoisotopic (exact) mass is 509 g/mol. The van der Waals surface area contributed by atoms with Gasteiger partial charge in [0.15, 0.2) is 0 Å². The lowest BCUT2D eigenvalue weighted by atomic mass is 9.94. The Bertz CT molecular complexity index is 1400. The van der Waals surface area contributed by atoms with Gasteiger partial charge >= 0.3 is 5.97 Å². The quantitative estimate of drug-likeness (QED) is 0.306. The van der Waals surface area contributed by atoms with E-state index in [0.717, 1.165) is 38.7 Å². The Balaban J connectivity index is 0.00000289. The summed E-state index contributed by atoms with van der Waals surface area (Å²) in [5, 5.41) is 14.5. The third-order valence-corrected chi connectivity index (χ3v) is 6.84. The summed E-state index contributed by atoms with van der Waals surface area (Å²) in [5.74, 6) is -1.54. The molecule has 6 nitrogen and oxygen atoms in total. The molecular weight excluding hydrogens is 485 g/mol. The Morgan fingerprint density at radius 1 is 1.03 bits per heavy atom. The zero-order chi connectivity index (χ0) is 23.9. The average molecular weight is 510 g/mol. The van der Waals surface area contributed by atoms with Gasteiger partial charge in [0.1, 0.15) is 5.54 Å². The molecule has 0 aliphatic heterocycles. The van der Waals surface area contributed by atoms with Crippen LogP contribution in [0.15, 0.2) is 72.9 Å². The Morgan fingerprint density at radius 2 is 1.71 bits per heavy atom. The number of H-pyrrole nitrogens is 1. The van der Waals surface area contributed by atoms with Crippen LogP contribution < -0.4 is 11.1 Å². The minimum Gasteiger partial charge on any atom is -0.479 e. The topological polar surface area (TPSA) is 108 Å². The molecule has 1 aromatic heterocycles. The van der Waals surface area contributed by atoms with Crippen LogP contribution in [0.5, 0.6) is 0 Å². The van der Waals surface area contributed by atoms with E-state index in [9.17, 15) is 14.7 Å². The number of aromatic nitrogens is 1. The molecule has 1 aliphatic rings. The maximum absolute atomic E-state index is 13.0. The molecule has 180 valence electrons.